The van der Waals surface area contributed by atoms with Crippen LogP contribution in [0.2, 0.25) is 73.5 Å². The second-order valence-electron chi connectivity index (χ2n) is 16.6. The summed E-state index contributed by atoms with van der Waals surface area (Å²) >= 11 is 0. The number of rotatable bonds is 38. The average Bonchev–Trinajstić information content (AvgIpc) is 3.21. The van der Waals surface area contributed by atoms with Gasteiger partial charge in [-0.3, -0.25) is 4.79 Å². The summed E-state index contributed by atoms with van der Waals surface area (Å²) in [5.74, 6) is 0.0213. The quantitative estimate of drug-likeness (QED) is 0.0601. The molecule has 0 rings (SSSR count). The molecule has 0 aromatic heterocycles. The Balaban J connectivity index is 6.08. The van der Waals surface area contributed by atoms with Crippen molar-refractivity contribution < 1.29 is 57.9 Å². The van der Waals surface area contributed by atoms with Gasteiger partial charge >= 0.3 is 35.2 Å². The number of hydrogen-bond acceptors (Lipinski definition) is 13. The van der Waals surface area contributed by atoms with Gasteiger partial charge in [0.1, 0.15) is 0 Å². The van der Waals surface area contributed by atoms with Crippen molar-refractivity contribution in [2.75, 3.05) is 91.9 Å². The molecule has 1 N–H and O–H groups in total. The van der Waals surface area contributed by atoms with Crippen LogP contribution >= 0.6 is 0 Å². The molecule has 0 heterocycles. The summed E-state index contributed by atoms with van der Waals surface area (Å²) in [4.78, 5) is 12.2. The van der Waals surface area contributed by atoms with Crippen LogP contribution < -0.4 is 5.32 Å². The summed E-state index contributed by atoms with van der Waals surface area (Å²) in [5, 5.41) is 3.20. The molecule has 0 atom stereocenters. The van der Waals surface area contributed by atoms with Crippen molar-refractivity contribution in [3.8, 4) is 0 Å². The van der Waals surface area contributed by atoms with Crippen molar-refractivity contribution in [1.29, 1.82) is 0 Å². The summed E-state index contributed by atoms with van der Waals surface area (Å²) in [6.07, 6.45) is 8.36. The maximum Gasteiger partial charge on any atom is 0.500 e. The topological polar surface area (TPSA) is 140 Å². The summed E-state index contributed by atoms with van der Waals surface area (Å²) < 4.78 is 69.1. The van der Waals surface area contributed by atoms with Crippen molar-refractivity contribution in [3.63, 3.8) is 0 Å². The minimum atomic E-state index is -2.66. The molecule has 57 heavy (non-hydrogen) atoms. The van der Waals surface area contributed by atoms with Gasteiger partial charge in [0.05, 0.1) is 16.1 Å². The monoisotopic (exact) mass is 921 g/mol. The Labute approximate surface area is 355 Å². The van der Waals surface area contributed by atoms with Gasteiger partial charge in [0.15, 0.2) is 0 Å². The lowest BCUT2D eigenvalue weighted by Gasteiger charge is -2.35. The molecule has 20 heteroatoms. The number of carbonyl (C=O) groups is 1. The number of carbonyl (C=O) groups excluding carboxylic acids is 1. The molecule has 0 aliphatic heterocycles. The molecule has 342 valence electrons. The lowest BCUT2D eigenvalue weighted by molar-refractivity contribution is -0.119. The van der Waals surface area contributed by atoms with Crippen LogP contribution in [0.25, 0.3) is 0 Å². The lowest BCUT2D eigenvalue weighted by Crippen LogP contribution is -2.44. The predicted octanol–water partition coefficient (Wildman–Crippen LogP) is 7.92. The van der Waals surface area contributed by atoms with Crippen LogP contribution in [0.15, 0.2) is 0 Å². The summed E-state index contributed by atoms with van der Waals surface area (Å²) in [7, 11) is 6.15. The van der Waals surface area contributed by atoms with E-state index in [0.717, 1.165) is 99.7 Å². The predicted molar refractivity (Wildman–Crippen MR) is 242 cm³/mol. The van der Waals surface area contributed by atoms with E-state index in [4.69, 9.17) is 53.1 Å². The zero-order valence-electron chi connectivity index (χ0n) is 39.2. The molecular formula is C37H87NO13Si6. The molecule has 0 aliphatic rings. The number of nitrogens with one attached hydrogen (secondary N) is 1. The van der Waals surface area contributed by atoms with E-state index in [1.165, 1.54) is 12.1 Å². The third-order valence-corrected chi connectivity index (χ3v) is 33.4. The highest BCUT2D eigenvalue weighted by Crippen LogP contribution is 2.38. The fraction of sp³-hybridized carbons (Fsp3) is 0.973. The average molecular weight is 923 g/mol. The van der Waals surface area contributed by atoms with E-state index in [9.17, 15) is 4.79 Å². The van der Waals surface area contributed by atoms with E-state index in [1.54, 1.807) is 92.2 Å². The minimum Gasteiger partial charge on any atom is -0.377 e. The van der Waals surface area contributed by atoms with E-state index in [1.807, 2.05) is 0 Å². The molecule has 0 aliphatic carbocycles. The standard InChI is InChI=1S/C37H87NO13Si6/c1-36(39)38-35-37(2,23-17-25-52(15,27-19-31-54(40-3,41-4)42-5)28-20-32-55(43-6,44-7)45-8)24-18-26-53(16,29-21-33-56(46-9,47-10)48-11)30-22-34-57(49-12,50-13)51-14/h17-35H2,1-16H3,(H,38,39). The van der Waals surface area contributed by atoms with Crippen LogP contribution in [0.4, 0.5) is 0 Å². The Kier molecular flexibility index (Phi) is 29.0. The molecule has 0 spiro atoms. The molecule has 0 saturated heterocycles. The Morgan fingerprint density at radius 1 is 0.404 bits per heavy atom. The Morgan fingerprint density at radius 2 is 0.614 bits per heavy atom. The molecule has 0 aromatic rings. The SMILES string of the molecule is CO[Si](CCC[Si](C)(CCCC(C)(CCC[Si](C)(CCC[Si](OC)(OC)OC)CCC[Si](OC)(OC)OC)CNC(C)=O)CCC[Si](OC)(OC)OC)(OC)OC. The molecule has 0 fully saturated rings. The number of amides is 1. The van der Waals surface area contributed by atoms with Crippen LogP contribution in [0.1, 0.15) is 65.2 Å². The highest BCUT2D eigenvalue weighted by Gasteiger charge is 2.42. The Morgan fingerprint density at radius 3 is 0.807 bits per heavy atom. The second-order valence-corrected chi connectivity index (χ2v) is 39.3. The molecule has 14 nitrogen and oxygen atoms in total. The molecule has 0 aromatic carbocycles. The van der Waals surface area contributed by atoms with Crippen LogP contribution in [0, 0.1) is 5.41 Å². The highest BCUT2D eigenvalue weighted by atomic mass is 28.4. The molecule has 0 bridgehead atoms. The first-order valence-corrected chi connectivity index (χ1v) is 34.7. The van der Waals surface area contributed by atoms with Gasteiger partial charge in [-0.15, -0.1) is 0 Å². The highest BCUT2D eigenvalue weighted by molar-refractivity contribution is 6.79. The Hall–Kier alpha value is 0.291. The largest absolute Gasteiger partial charge is 0.500 e. The molecule has 0 unspecified atom stereocenters. The fourth-order valence-corrected chi connectivity index (χ4v) is 24.4. The zero-order chi connectivity index (χ0) is 43.7. The van der Waals surface area contributed by atoms with Crippen molar-refractivity contribution in [3.05, 3.63) is 0 Å². The fourth-order valence-electron chi connectivity index (χ4n) is 8.42. The normalized spacial score (nSPS) is 13.8. The maximum atomic E-state index is 12.2. The van der Waals surface area contributed by atoms with Gasteiger partial charge in [0.2, 0.25) is 5.91 Å². The van der Waals surface area contributed by atoms with Crippen molar-refractivity contribution in [1.82, 2.24) is 5.32 Å². The summed E-state index contributed by atoms with van der Waals surface area (Å²) in [6, 6.07) is 10.2. The van der Waals surface area contributed by atoms with E-state index in [2.05, 4.69) is 25.3 Å². The van der Waals surface area contributed by atoms with Gasteiger partial charge in [0.25, 0.3) is 0 Å². The van der Waals surface area contributed by atoms with Gasteiger partial charge in [-0.1, -0.05) is 94.8 Å². The molecule has 0 saturated carbocycles. The first kappa shape index (κ1) is 57.3. The first-order chi connectivity index (χ1) is 26.9. The van der Waals surface area contributed by atoms with Gasteiger partial charge in [-0.2, -0.15) is 0 Å². The minimum absolute atomic E-state index is 0.0147. The Bertz CT molecular complexity index is 901. The third kappa shape index (κ3) is 20.4. The van der Waals surface area contributed by atoms with E-state index in [0.29, 0.717) is 6.54 Å². The van der Waals surface area contributed by atoms with Gasteiger partial charge in [-0.05, 0) is 18.3 Å². The summed E-state index contributed by atoms with van der Waals surface area (Å²) in [5.41, 5.74) is -0.0147. The van der Waals surface area contributed by atoms with Gasteiger partial charge in [-0.25, -0.2) is 0 Å². The smallest absolute Gasteiger partial charge is 0.377 e. The van der Waals surface area contributed by atoms with Crippen molar-refractivity contribution in [2.24, 2.45) is 5.41 Å². The molecular weight excluding hydrogens is 835 g/mol. The lowest BCUT2D eigenvalue weighted by atomic mass is 9.81. The number of hydrogen-bond donors (Lipinski definition) is 1. The zero-order valence-corrected chi connectivity index (χ0v) is 45.2. The van der Waals surface area contributed by atoms with Crippen LogP contribution in [-0.4, -0.2) is 149 Å². The molecule has 0 radical (unpaired) electrons. The second kappa shape index (κ2) is 28.8. The van der Waals surface area contributed by atoms with Crippen LogP contribution in [-0.2, 0) is 57.9 Å². The third-order valence-electron chi connectivity index (χ3n) is 12.7. The van der Waals surface area contributed by atoms with E-state index in [-0.39, 0.29) is 11.3 Å². The summed E-state index contributed by atoms with van der Waals surface area (Å²) in [6.45, 7) is 9.76. The van der Waals surface area contributed by atoms with Crippen molar-refractivity contribution in [2.45, 2.75) is 139 Å². The maximum absolute atomic E-state index is 12.2. The van der Waals surface area contributed by atoms with Crippen molar-refractivity contribution >= 4 is 57.3 Å². The van der Waals surface area contributed by atoms with Gasteiger partial charge in [0, 0.05) is 123 Å². The first-order valence-electron chi connectivity index (χ1n) is 20.8. The van der Waals surface area contributed by atoms with E-state index >= 15 is 0 Å². The van der Waals surface area contributed by atoms with E-state index < -0.39 is 51.4 Å². The molecule has 1 amide bonds. The van der Waals surface area contributed by atoms with Crippen LogP contribution in [0.5, 0.6) is 0 Å². The van der Waals surface area contributed by atoms with Crippen LogP contribution in [0.3, 0.4) is 0 Å². The van der Waals surface area contributed by atoms with Gasteiger partial charge < -0.3 is 58.4 Å².